The molecule has 13 heavy (non-hydrogen) atoms. The zero-order chi connectivity index (χ0) is 9.52. The van der Waals surface area contributed by atoms with Crippen LogP contribution in [-0.4, -0.2) is 6.54 Å². The largest absolute Gasteiger partial charge is 0.327 e. The highest BCUT2D eigenvalue weighted by atomic mass is 14.5. The Morgan fingerprint density at radius 1 is 1.23 bits per heavy atom. The predicted molar refractivity (Wildman–Crippen MR) is 58.6 cm³/mol. The van der Waals surface area contributed by atoms with Gasteiger partial charge in [-0.05, 0) is 25.2 Å². The fourth-order valence-corrected chi connectivity index (χ4v) is 2.14. The molecule has 1 rings (SSSR count). The number of rotatable bonds is 3. The lowest BCUT2D eigenvalue weighted by atomic mass is 9.96. The maximum absolute atomic E-state index is 5.67. The van der Waals surface area contributed by atoms with Crippen LogP contribution in [0.2, 0.25) is 0 Å². The SMILES string of the molecule is CC/C(=C\C1CCCCCC1)CN. The number of nitrogens with two attached hydrogens (primary N) is 1. The van der Waals surface area contributed by atoms with Gasteiger partial charge in [-0.3, -0.25) is 0 Å². The molecule has 1 nitrogen and oxygen atoms in total. The summed E-state index contributed by atoms with van der Waals surface area (Å²) in [7, 11) is 0. The van der Waals surface area contributed by atoms with Gasteiger partial charge in [-0.25, -0.2) is 0 Å². The average Bonchev–Trinajstić information content (AvgIpc) is 2.42. The molecule has 0 radical (unpaired) electrons. The first-order chi connectivity index (χ1) is 6.36. The molecule has 1 aliphatic rings. The molecule has 1 heteroatoms. The van der Waals surface area contributed by atoms with E-state index in [4.69, 9.17) is 5.73 Å². The molecule has 0 saturated heterocycles. The van der Waals surface area contributed by atoms with Gasteiger partial charge in [0.2, 0.25) is 0 Å². The Kier molecular flexibility index (Phi) is 5.14. The van der Waals surface area contributed by atoms with Gasteiger partial charge in [0.05, 0.1) is 0 Å². The highest BCUT2D eigenvalue weighted by molar-refractivity contribution is 5.05. The highest BCUT2D eigenvalue weighted by Gasteiger charge is 2.09. The van der Waals surface area contributed by atoms with E-state index in [1.165, 1.54) is 44.1 Å². The van der Waals surface area contributed by atoms with Gasteiger partial charge in [-0.15, -0.1) is 0 Å². The van der Waals surface area contributed by atoms with Crippen LogP contribution >= 0.6 is 0 Å². The second-order valence-corrected chi connectivity index (χ2v) is 4.13. The minimum absolute atomic E-state index is 0.757. The minimum Gasteiger partial charge on any atom is -0.327 e. The topological polar surface area (TPSA) is 26.0 Å². The van der Waals surface area contributed by atoms with Crippen molar-refractivity contribution in [1.29, 1.82) is 0 Å². The van der Waals surface area contributed by atoms with E-state index in [1.54, 1.807) is 0 Å². The van der Waals surface area contributed by atoms with Crippen molar-refractivity contribution < 1.29 is 0 Å². The van der Waals surface area contributed by atoms with Crippen molar-refractivity contribution in [3.05, 3.63) is 11.6 Å². The average molecular weight is 181 g/mol. The molecular weight excluding hydrogens is 158 g/mol. The molecule has 76 valence electrons. The Morgan fingerprint density at radius 3 is 2.31 bits per heavy atom. The van der Waals surface area contributed by atoms with E-state index < -0.39 is 0 Å². The molecule has 0 unspecified atom stereocenters. The van der Waals surface area contributed by atoms with Gasteiger partial charge in [0, 0.05) is 6.54 Å². The van der Waals surface area contributed by atoms with E-state index in [1.807, 2.05) is 0 Å². The summed E-state index contributed by atoms with van der Waals surface area (Å²) in [4.78, 5) is 0. The summed E-state index contributed by atoms with van der Waals surface area (Å²) in [6, 6.07) is 0. The Hall–Kier alpha value is -0.300. The lowest BCUT2D eigenvalue weighted by Gasteiger charge is -2.10. The Labute approximate surface area is 82.4 Å². The van der Waals surface area contributed by atoms with Crippen molar-refractivity contribution in [2.45, 2.75) is 51.9 Å². The third kappa shape index (κ3) is 3.95. The molecule has 0 bridgehead atoms. The smallest absolute Gasteiger partial charge is 0.0136 e. The molecule has 1 fully saturated rings. The van der Waals surface area contributed by atoms with Crippen LogP contribution in [0.1, 0.15) is 51.9 Å². The maximum Gasteiger partial charge on any atom is 0.0136 e. The fraction of sp³-hybridized carbons (Fsp3) is 0.833. The number of hydrogen-bond donors (Lipinski definition) is 1. The number of allylic oxidation sites excluding steroid dienone is 1. The van der Waals surface area contributed by atoms with E-state index in [2.05, 4.69) is 13.0 Å². The maximum atomic E-state index is 5.67. The molecule has 0 aromatic rings. The molecule has 0 aliphatic heterocycles. The van der Waals surface area contributed by atoms with Crippen molar-refractivity contribution in [3.8, 4) is 0 Å². The fourth-order valence-electron chi connectivity index (χ4n) is 2.14. The molecular formula is C12H23N. The second-order valence-electron chi connectivity index (χ2n) is 4.13. The summed E-state index contributed by atoms with van der Waals surface area (Å²) in [5, 5.41) is 0. The summed E-state index contributed by atoms with van der Waals surface area (Å²) in [6.45, 7) is 2.96. The monoisotopic (exact) mass is 181 g/mol. The van der Waals surface area contributed by atoms with E-state index in [0.717, 1.165) is 18.9 Å². The van der Waals surface area contributed by atoms with Gasteiger partial charge in [-0.1, -0.05) is 44.3 Å². The van der Waals surface area contributed by atoms with E-state index in [9.17, 15) is 0 Å². The van der Waals surface area contributed by atoms with Crippen LogP contribution in [0.3, 0.4) is 0 Å². The summed E-state index contributed by atoms with van der Waals surface area (Å²) in [6.07, 6.45) is 12.1. The van der Waals surface area contributed by atoms with Crippen molar-refractivity contribution in [3.63, 3.8) is 0 Å². The van der Waals surface area contributed by atoms with Gasteiger partial charge < -0.3 is 5.73 Å². The molecule has 2 N–H and O–H groups in total. The van der Waals surface area contributed by atoms with Crippen LogP contribution in [0.25, 0.3) is 0 Å². The number of hydrogen-bond acceptors (Lipinski definition) is 1. The van der Waals surface area contributed by atoms with Crippen LogP contribution in [0.4, 0.5) is 0 Å². The molecule has 0 heterocycles. The summed E-state index contributed by atoms with van der Waals surface area (Å²) in [5.41, 5.74) is 7.12. The quantitative estimate of drug-likeness (QED) is 0.525. The zero-order valence-corrected chi connectivity index (χ0v) is 8.89. The highest BCUT2D eigenvalue weighted by Crippen LogP contribution is 2.25. The van der Waals surface area contributed by atoms with Gasteiger partial charge in [0.15, 0.2) is 0 Å². The minimum atomic E-state index is 0.757. The first-order valence-electron chi connectivity index (χ1n) is 5.76. The van der Waals surface area contributed by atoms with E-state index in [-0.39, 0.29) is 0 Å². The van der Waals surface area contributed by atoms with Crippen LogP contribution in [-0.2, 0) is 0 Å². The van der Waals surface area contributed by atoms with Crippen LogP contribution in [0, 0.1) is 5.92 Å². The van der Waals surface area contributed by atoms with Crippen LogP contribution in [0.5, 0.6) is 0 Å². The summed E-state index contributed by atoms with van der Waals surface area (Å²) < 4.78 is 0. The van der Waals surface area contributed by atoms with Crippen LogP contribution in [0.15, 0.2) is 11.6 Å². The Morgan fingerprint density at radius 2 is 1.85 bits per heavy atom. The lowest BCUT2D eigenvalue weighted by molar-refractivity contribution is 0.554. The first-order valence-corrected chi connectivity index (χ1v) is 5.76. The van der Waals surface area contributed by atoms with Gasteiger partial charge in [-0.2, -0.15) is 0 Å². The van der Waals surface area contributed by atoms with Crippen molar-refractivity contribution >= 4 is 0 Å². The molecule has 0 amide bonds. The zero-order valence-electron chi connectivity index (χ0n) is 8.89. The standard InChI is InChI=1S/C12H23N/c1-2-11(10-13)9-12-7-5-3-4-6-8-12/h9,12H,2-8,10,13H2,1H3/b11-9+. The molecule has 1 aliphatic carbocycles. The predicted octanol–water partition coefficient (Wildman–Crippen LogP) is 3.25. The summed E-state index contributed by atoms with van der Waals surface area (Å²) in [5.74, 6) is 0.834. The Bertz CT molecular complexity index is 147. The third-order valence-electron chi connectivity index (χ3n) is 3.09. The molecule has 0 atom stereocenters. The van der Waals surface area contributed by atoms with Crippen LogP contribution < -0.4 is 5.73 Å². The Balaban J connectivity index is 2.43. The lowest BCUT2D eigenvalue weighted by Crippen LogP contribution is -2.05. The molecule has 0 aromatic heterocycles. The summed E-state index contributed by atoms with van der Waals surface area (Å²) >= 11 is 0. The van der Waals surface area contributed by atoms with Crippen molar-refractivity contribution in [2.24, 2.45) is 11.7 Å². The molecule has 0 aromatic carbocycles. The van der Waals surface area contributed by atoms with Gasteiger partial charge >= 0.3 is 0 Å². The molecule has 1 saturated carbocycles. The third-order valence-corrected chi connectivity index (χ3v) is 3.09. The van der Waals surface area contributed by atoms with Crippen molar-refractivity contribution in [2.75, 3.05) is 6.54 Å². The first kappa shape index (κ1) is 10.8. The molecule has 0 spiro atoms. The van der Waals surface area contributed by atoms with E-state index in [0.29, 0.717) is 0 Å². The second kappa shape index (κ2) is 6.20. The van der Waals surface area contributed by atoms with Gasteiger partial charge in [0.25, 0.3) is 0 Å². The van der Waals surface area contributed by atoms with Crippen molar-refractivity contribution in [1.82, 2.24) is 0 Å². The normalized spacial score (nSPS) is 21.5. The van der Waals surface area contributed by atoms with E-state index >= 15 is 0 Å². The van der Waals surface area contributed by atoms with Gasteiger partial charge in [0.1, 0.15) is 0 Å².